The first kappa shape index (κ1) is 26.4. The number of unbranched alkanes of at least 4 members (excludes halogenated alkanes) is 16. The molecule has 0 aliphatic heterocycles. The fourth-order valence-corrected chi connectivity index (χ4v) is 3.87. The van der Waals surface area contributed by atoms with E-state index in [0.29, 0.717) is 0 Å². The Morgan fingerprint density at radius 3 is 1.30 bits per heavy atom. The van der Waals surface area contributed by atoms with E-state index < -0.39 is 5.97 Å². The average Bonchev–Trinajstić information content (AvgIpc) is 2.66. The number of carboxylic acid groups (broad SMARTS) is 1. The molecule has 0 radical (unpaired) electrons. The molecule has 0 aromatic rings. The molecule has 162 valence electrons. The molecule has 1 atom stereocenters. The summed E-state index contributed by atoms with van der Waals surface area (Å²) in [7, 11) is 0. The molecule has 0 heterocycles. The topological polar surface area (TPSA) is 63.3 Å². The fraction of sp³-hybridized carbons (Fsp3) is 0.958. The summed E-state index contributed by atoms with van der Waals surface area (Å²) in [5.41, 5.74) is 5.50. The van der Waals surface area contributed by atoms with Crippen molar-refractivity contribution in [3.05, 3.63) is 0 Å². The van der Waals surface area contributed by atoms with Gasteiger partial charge >= 0.3 is 5.97 Å². The van der Waals surface area contributed by atoms with Crippen LogP contribution in [0.5, 0.6) is 0 Å². The predicted octanol–water partition coefficient (Wildman–Crippen LogP) is 7.47. The van der Waals surface area contributed by atoms with Crippen LogP contribution in [0.1, 0.15) is 135 Å². The lowest BCUT2D eigenvalue weighted by molar-refractivity contribution is -0.142. The van der Waals surface area contributed by atoms with Gasteiger partial charge in [-0.25, -0.2) is 0 Å². The van der Waals surface area contributed by atoms with Crippen LogP contribution in [0.4, 0.5) is 0 Å². The van der Waals surface area contributed by atoms with Gasteiger partial charge in [0.1, 0.15) is 0 Å². The third-order valence-electron chi connectivity index (χ3n) is 5.76. The van der Waals surface area contributed by atoms with E-state index in [9.17, 15) is 9.90 Å². The minimum atomic E-state index is -0.574. The van der Waals surface area contributed by atoms with Crippen molar-refractivity contribution in [2.45, 2.75) is 135 Å². The highest BCUT2D eigenvalue weighted by Gasteiger charge is 2.16. The number of carboxylic acids is 1. The molecule has 3 N–H and O–H groups in total. The van der Waals surface area contributed by atoms with E-state index >= 15 is 0 Å². The van der Waals surface area contributed by atoms with E-state index in [1.807, 2.05) is 0 Å². The molecule has 0 aliphatic carbocycles. The summed E-state index contributed by atoms with van der Waals surface area (Å²) in [6.07, 6.45) is 24.7. The molecule has 0 saturated carbocycles. The zero-order valence-corrected chi connectivity index (χ0v) is 18.4. The molecule has 0 amide bonds. The van der Waals surface area contributed by atoms with Crippen LogP contribution in [0, 0.1) is 5.92 Å². The molecule has 0 fully saturated rings. The number of nitrogens with two attached hydrogens (primary N) is 1. The highest BCUT2D eigenvalue weighted by molar-refractivity contribution is 5.69. The van der Waals surface area contributed by atoms with Crippen LogP contribution in [0.2, 0.25) is 0 Å². The van der Waals surface area contributed by atoms with Crippen molar-refractivity contribution in [3.63, 3.8) is 0 Å². The first-order valence-electron chi connectivity index (χ1n) is 12.1. The van der Waals surface area contributed by atoms with Crippen LogP contribution < -0.4 is 5.73 Å². The lowest BCUT2D eigenvalue weighted by Crippen LogP contribution is -2.13. The van der Waals surface area contributed by atoms with Crippen LogP contribution >= 0.6 is 0 Å². The van der Waals surface area contributed by atoms with Gasteiger partial charge in [-0.05, 0) is 25.8 Å². The van der Waals surface area contributed by atoms with Gasteiger partial charge in [0, 0.05) is 0 Å². The first-order chi connectivity index (χ1) is 13.2. The number of carbonyl (C=O) groups is 1. The molecule has 0 aromatic carbocycles. The summed E-state index contributed by atoms with van der Waals surface area (Å²) in [5, 5.41) is 9.43. The molecule has 3 nitrogen and oxygen atoms in total. The second kappa shape index (κ2) is 21.7. The monoisotopic (exact) mass is 383 g/mol. The minimum absolute atomic E-state index is 0.104. The number of rotatable bonds is 22. The molecule has 0 bridgehead atoms. The molecule has 1 unspecified atom stereocenters. The van der Waals surface area contributed by atoms with E-state index in [4.69, 9.17) is 5.73 Å². The van der Waals surface area contributed by atoms with Crippen molar-refractivity contribution in [3.8, 4) is 0 Å². The van der Waals surface area contributed by atoms with Crippen LogP contribution in [-0.4, -0.2) is 17.6 Å². The van der Waals surface area contributed by atoms with E-state index in [1.165, 1.54) is 103 Å². The van der Waals surface area contributed by atoms with Crippen LogP contribution in [-0.2, 0) is 4.79 Å². The Bertz CT molecular complexity index is 307. The third-order valence-corrected chi connectivity index (χ3v) is 5.76. The van der Waals surface area contributed by atoms with Gasteiger partial charge < -0.3 is 10.8 Å². The maximum atomic E-state index is 11.4. The Hall–Kier alpha value is -0.570. The van der Waals surface area contributed by atoms with Crippen molar-refractivity contribution in [2.75, 3.05) is 6.54 Å². The van der Waals surface area contributed by atoms with E-state index in [0.717, 1.165) is 32.2 Å². The molecule has 0 rings (SSSR count). The number of hydrogen-bond donors (Lipinski definition) is 2. The zero-order chi connectivity index (χ0) is 20.0. The van der Waals surface area contributed by atoms with Gasteiger partial charge in [-0.1, -0.05) is 116 Å². The Morgan fingerprint density at radius 1 is 0.630 bits per heavy atom. The van der Waals surface area contributed by atoms with Gasteiger partial charge in [0.15, 0.2) is 0 Å². The average molecular weight is 384 g/mol. The standard InChI is InChI=1S/C24H49NO2/c1-2-3-4-5-6-11-14-17-20-23(24(26)27)21-18-15-12-9-7-8-10-13-16-19-22-25/h23H,2-22,25H2,1H3,(H,26,27). The highest BCUT2D eigenvalue weighted by atomic mass is 16.4. The second-order valence-corrected chi connectivity index (χ2v) is 8.41. The lowest BCUT2D eigenvalue weighted by Gasteiger charge is -2.12. The van der Waals surface area contributed by atoms with Crippen LogP contribution in [0.25, 0.3) is 0 Å². The quantitative estimate of drug-likeness (QED) is 0.191. The molecule has 0 spiro atoms. The lowest BCUT2D eigenvalue weighted by atomic mass is 9.94. The molecule has 0 aromatic heterocycles. The van der Waals surface area contributed by atoms with E-state index in [1.54, 1.807) is 0 Å². The third kappa shape index (κ3) is 20.0. The molecule has 27 heavy (non-hydrogen) atoms. The number of hydrogen-bond acceptors (Lipinski definition) is 2. The van der Waals surface area contributed by atoms with Gasteiger partial charge in [0.25, 0.3) is 0 Å². The summed E-state index contributed by atoms with van der Waals surface area (Å²) in [4.78, 5) is 11.4. The smallest absolute Gasteiger partial charge is 0.306 e. The summed E-state index contributed by atoms with van der Waals surface area (Å²) < 4.78 is 0. The molecule has 3 heteroatoms. The molecule has 0 aliphatic rings. The molecular formula is C24H49NO2. The Labute approximate surface area is 169 Å². The molecule has 0 saturated heterocycles. The SMILES string of the molecule is CCCCCCCCCCC(CCCCCCCCCCCCN)C(=O)O. The van der Waals surface area contributed by atoms with Crippen LogP contribution in [0.3, 0.4) is 0 Å². The highest BCUT2D eigenvalue weighted by Crippen LogP contribution is 2.20. The van der Waals surface area contributed by atoms with Crippen LogP contribution in [0.15, 0.2) is 0 Å². The van der Waals surface area contributed by atoms with Gasteiger partial charge in [-0.3, -0.25) is 4.79 Å². The van der Waals surface area contributed by atoms with Crippen molar-refractivity contribution < 1.29 is 9.90 Å². The summed E-state index contributed by atoms with van der Waals surface area (Å²) in [6.45, 7) is 3.08. The van der Waals surface area contributed by atoms with E-state index in [-0.39, 0.29) is 5.92 Å². The molecular weight excluding hydrogens is 334 g/mol. The maximum absolute atomic E-state index is 11.4. The number of aliphatic carboxylic acids is 1. The summed E-state index contributed by atoms with van der Waals surface area (Å²) in [5.74, 6) is -0.678. The fourth-order valence-electron chi connectivity index (χ4n) is 3.87. The van der Waals surface area contributed by atoms with Gasteiger partial charge in [-0.15, -0.1) is 0 Å². The Balaban J connectivity index is 3.45. The van der Waals surface area contributed by atoms with E-state index in [2.05, 4.69) is 6.92 Å². The summed E-state index contributed by atoms with van der Waals surface area (Å²) >= 11 is 0. The Morgan fingerprint density at radius 2 is 0.963 bits per heavy atom. The normalized spacial score (nSPS) is 12.4. The van der Waals surface area contributed by atoms with Gasteiger partial charge in [0.2, 0.25) is 0 Å². The van der Waals surface area contributed by atoms with Crippen molar-refractivity contribution in [1.29, 1.82) is 0 Å². The summed E-state index contributed by atoms with van der Waals surface area (Å²) in [6, 6.07) is 0. The largest absolute Gasteiger partial charge is 0.481 e. The first-order valence-corrected chi connectivity index (χ1v) is 12.1. The van der Waals surface area contributed by atoms with Crippen molar-refractivity contribution in [1.82, 2.24) is 0 Å². The van der Waals surface area contributed by atoms with Crippen molar-refractivity contribution >= 4 is 5.97 Å². The van der Waals surface area contributed by atoms with Gasteiger partial charge in [-0.2, -0.15) is 0 Å². The second-order valence-electron chi connectivity index (χ2n) is 8.41. The van der Waals surface area contributed by atoms with Crippen molar-refractivity contribution in [2.24, 2.45) is 11.7 Å². The van der Waals surface area contributed by atoms with Gasteiger partial charge in [0.05, 0.1) is 5.92 Å². The maximum Gasteiger partial charge on any atom is 0.306 e. The zero-order valence-electron chi connectivity index (χ0n) is 18.4. The minimum Gasteiger partial charge on any atom is -0.481 e. The predicted molar refractivity (Wildman–Crippen MR) is 118 cm³/mol. The Kier molecular flexibility index (Phi) is 21.3.